The average molecular weight is 480 g/mol. The van der Waals surface area contributed by atoms with Crippen LogP contribution in [0.2, 0.25) is 0 Å². The van der Waals surface area contributed by atoms with Gasteiger partial charge in [-0.15, -0.1) is 0 Å². The summed E-state index contributed by atoms with van der Waals surface area (Å²) in [6.45, 7) is 0.493. The molecule has 3 aromatic carbocycles. The highest BCUT2D eigenvalue weighted by Crippen LogP contribution is 2.36. The number of halogens is 3. The van der Waals surface area contributed by atoms with Gasteiger partial charge < -0.3 is 14.2 Å². The van der Waals surface area contributed by atoms with Crippen molar-refractivity contribution < 1.29 is 22.4 Å². The Kier molecular flexibility index (Phi) is 5.75. The number of nitrogens with zero attached hydrogens (tertiary/aromatic N) is 3. The Morgan fingerprint density at radius 2 is 1.69 bits per heavy atom. The molecule has 1 aromatic heterocycles. The molecule has 0 aliphatic carbocycles. The van der Waals surface area contributed by atoms with E-state index in [0.29, 0.717) is 30.0 Å². The molecule has 1 saturated heterocycles. The predicted octanol–water partition coefficient (Wildman–Crippen LogP) is 6.56. The fourth-order valence-electron chi connectivity index (χ4n) is 4.45. The van der Waals surface area contributed by atoms with E-state index in [2.05, 4.69) is 29.2 Å². The molecule has 5 nitrogen and oxygen atoms in total. The number of fused-ring (bicyclic) bond motifs is 1. The van der Waals surface area contributed by atoms with E-state index in [-0.39, 0.29) is 17.5 Å². The molecular weight excluding hydrogens is 455 g/mol. The minimum atomic E-state index is -4.44. The SMILES string of the molecule is CN(C)c1ccc(-c2ccc3oc([C@H]4CCCN4C(=O)c4ccc(C(F)(F)F)cc4)nc3c2)cc1. The van der Waals surface area contributed by atoms with Crippen molar-refractivity contribution in [3.63, 3.8) is 0 Å². The maximum absolute atomic E-state index is 13.1. The van der Waals surface area contributed by atoms with Crippen molar-refractivity contribution in [3.8, 4) is 11.1 Å². The molecule has 1 aliphatic rings. The van der Waals surface area contributed by atoms with E-state index in [1.807, 2.05) is 37.2 Å². The van der Waals surface area contributed by atoms with Gasteiger partial charge in [0.1, 0.15) is 11.6 Å². The Hall–Kier alpha value is -3.81. The third-order valence-corrected chi connectivity index (χ3v) is 6.38. The normalized spacial score (nSPS) is 16.1. The molecule has 1 aliphatic heterocycles. The number of alkyl halides is 3. The first-order valence-corrected chi connectivity index (χ1v) is 11.4. The zero-order valence-electron chi connectivity index (χ0n) is 19.3. The minimum absolute atomic E-state index is 0.212. The van der Waals surface area contributed by atoms with Crippen LogP contribution in [0.25, 0.3) is 22.2 Å². The standard InChI is InChI=1S/C27H24F3N3O2/c1-32(2)21-12-7-17(8-13-21)19-9-14-24-22(16-19)31-25(35-24)23-4-3-15-33(23)26(34)18-5-10-20(11-6-18)27(28,29)30/h5-14,16,23H,3-4,15H2,1-2H3/t23-/m1/s1. The van der Waals surface area contributed by atoms with Gasteiger partial charge in [0, 0.05) is 31.9 Å². The zero-order valence-corrected chi connectivity index (χ0v) is 19.3. The Morgan fingerprint density at radius 1 is 1.00 bits per heavy atom. The number of oxazole rings is 1. The number of hydrogen-bond donors (Lipinski definition) is 0. The molecular formula is C27H24F3N3O2. The number of rotatable bonds is 4. The minimum Gasteiger partial charge on any atom is -0.438 e. The van der Waals surface area contributed by atoms with Crippen LogP contribution in [0, 0.1) is 0 Å². The van der Waals surface area contributed by atoms with E-state index in [0.717, 1.165) is 35.4 Å². The van der Waals surface area contributed by atoms with Crippen molar-refractivity contribution in [1.82, 2.24) is 9.88 Å². The second-order valence-electron chi connectivity index (χ2n) is 8.91. The molecule has 180 valence electrons. The molecule has 0 N–H and O–H groups in total. The van der Waals surface area contributed by atoms with Gasteiger partial charge >= 0.3 is 6.18 Å². The number of aromatic nitrogens is 1. The second-order valence-corrected chi connectivity index (χ2v) is 8.91. The van der Waals surface area contributed by atoms with Crippen LogP contribution in [0.4, 0.5) is 18.9 Å². The van der Waals surface area contributed by atoms with Crippen LogP contribution >= 0.6 is 0 Å². The summed E-state index contributed by atoms with van der Waals surface area (Å²) in [6, 6.07) is 18.0. The number of carbonyl (C=O) groups excluding carboxylic acids is 1. The van der Waals surface area contributed by atoms with Crippen LogP contribution in [0.15, 0.2) is 71.1 Å². The molecule has 0 bridgehead atoms. The largest absolute Gasteiger partial charge is 0.438 e. The first-order chi connectivity index (χ1) is 16.7. The second kappa shape index (κ2) is 8.76. The summed E-state index contributed by atoms with van der Waals surface area (Å²) in [6.07, 6.45) is -3.00. The van der Waals surface area contributed by atoms with Crippen LogP contribution in [-0.4, -0.2) is 36.4 Å². The maximum Gasteiger partial charge on any atom is 0.416 e. The molecule has 4 aromatic rings. The monoisotopic (exact) mass is 479 g/mol. The molecule has 1 amide bonds. The van der Waals surface area contributed by atoms with Crippen molar-refractivity contribution in [1.29, 1.82) is 0 Å². The zero-order chi connectivity index (χ0) is 24.7. The first-order valence-electron chi connectivity index (χ1n) is 11.4. The van der Waals surface area contributed by atoms with Crippen molar-refractivity contribution in [2.24, 2.45) is 0 Å². The average Bonchev–Trinajstić information content (AvgIpc) is 3.49. The maximum atomic E-state index is 13.1. The lowest BCUT2D eigenvalue weighted by Crippen LogP contribution is -2.30. The summed E-state index contributed by atoms with van der Waals surface area (Å²) >= 11 is 0. The van der Waals surface area contributed by atoms with Gasteiger partial charge in [-0.2, -0.15) is 13.2 Å². The molecule has 2 heterocycles. The number of likely N-dealkylation sites (tertiary alicyclic amines) is 1. The summed E-state index contributed by atoms with van der Waals surface area (Å²) in [5.74, 6) is 0.114. The lowest BCUT2D eigenvalue weighted by Gasteiger charge is -2.22. The molecule has 0 radical (unpaired) electrons. The molecule has 1 fully saturated rings. The Morgan fingerprint density at radius 3 is 2.34 bits per heavy atom. The predicted molar refractivity (Wildman–Crippen MR) is 128 cm³/mol. The van der Waals surface area contributed by atoms with E-state index < -0.39 is 11.7 Å². The van der Waals surface area contributed by atoms with Gasteiger partial charge in [0.2, 0.25) is 5.89 Å². The van der Waals surface area contributed by atoms with Crippen LogP contribution in [-0.2, 0) is 6.18 Å². The van der Waals surface area contributed by atoms with Gasteiger partial charge in [-0.3, -0.25) is 4.79 Å². The van der Waals surface area contributed by atoms with E-state index in [1.165, 1.54) is 12.1 Å². The third-order valence-electron chi connectivity index (χ3n) is 6.38. The molecule has 5 rings (SSSR count). The van der Waals surface area contributed by atoms with Gasteiger partial charge in [-0.1, -0.05) is 18.2 Å². The molecule has 0 spiro atoms. The van der Waals surface area contributed by atoms with Gasteiger partial charge in [0.05, 0.1) is 5.56 Å². The third kappa shape index (κ3) is 4.48. The molecule has 8 heteroatoms. The Labute approximate surface area is 200 Å². The van der Waals surface area contributed by atoms with Crippen LogP contribution in [0.5, 0.6) is 0 Å². The van der Waals surface area contributed by atoms with Gasteiger partial charge in [-0.05, 0) is 72.5 Å². The van der Waals surface area contributed by atoms with E-state index in [4.69, 9.17) is 4.42 Å². The number of hydrogen-bond acceptors (Lipinski definition) is 4. The van der Waals surface area contributed by atoms with E-state index in [9.17, 15) is 18.0 Å². The summed E-state index contributed by atoms with van der Waals surface area (Å²) in [5.41, 5.74) is 3.93. The highest BCUT2D eigenvalue weighted by atomic mass is 19.4. The highest BCUT2D eigenvalue weighted by Gasteiger charge is 2.35. The highest BCUT2D eigenvalue weighted by molar-refractivity contribution is 5.94. The first kappa shape index (κ1) is 23.0. The summed E-state index contributed by atoms with van der Waals surface area (Å²) in [7, 11) is 3.99. The molecule has 0 saturated carbocycles. The smallest absolute Gasteiger partial charge is 0.416 e. The summed E-state index contributed by atoms with van der Waals surface area (Å²) in [5, 5.41) is 0. The van der Waals surface area contributed by atoms with Gasteiger partial charge in [0.15, 0.2) is 5.58 Å². The quantitative estimate of drug-likeness (QED) is 0.333. The molecule has 1 atom stereocenters. The topological polar surface area (TPSA) is 49.6 Å². The fourth-order valence-corrected chi connectivity index (χ4v) is 4.45. The lowest BCUT2D eigenvalue weighted by atomic mass is 10.0. The molecule has 0 unspecified atom stereocenters. The molecule has 35 heavy (non-hydrogen) atoms. The number of carbonyl (C=O) groups is 1. The van der Waals surface area contributed by atoms with Crippen molar-refractivity contribution in [2.45, 2.75) is 25.1 Å². The summed E-state index contributed by atoms with van der Waals surface area (Å²) < 4.78 is 44.6. The van der Waals surface area contributed by atoms with Gasteiger partial charge in [-0.25, -0.2) is 4.98 Å². The van der Waals surface area contributed by atoms with Crippen LogP contribution in [0.3, 0.4) is 0 Å². The van der Waals surface area contributed by atoms with Crippen molar-refractivity contribution in [3.05, 3.63) is 83.7 Å². The van der Waals surface area contributed by atoms with E-state index in [1.54, 1.807) is 4.90 Å². The lowest BCUT2D eigenvalue weighted by molar-refractivity contribution is -0.137. The van der Waals surface area contributed by atoms with Crippen LogP contribution < -0.4 is 4.90 Å². The van der Waals surface area contributed by atoms with Crippen molar-refractivity contribution in [2.75, 3.05) is 25.5 Å². The van der Waals surface area contributed by atoms with Crippen molar-refractivity contribution >= 4 is 22.7 Å². The number of amides is 1. The van der Waals surface area contributed by atoms with Gasteiger partial charge in [0.25, 0.3) is 5.91 Å². The number of anilines is 1. The van der Waals surface area contributed by atoms with E-state index >= 15 is 0 Å². The summed E-state index contributed by atoms with van der Waals surface area (Å²) in [4.78, 5) is 21.4. The number of benzene rings is 3. The van der Waals surface area contributed by atoms with Crippen LogP contribution in [0.1, 0.15) is 40.7 Å². The fraction of sp³-hybridized carbons (Fsp3) is 0.259. The Bertz CT molecular complexity index is 1360. The Balaban J connectivity index is 1.39.